The molecule has 2 rings (SSSR count). The molecule has 1 atom stereocenters. The van der Waals surface area contributed by atoms with Crippen LogP contribution in [-0.4, -0.2) is 6.04 Å². The zero-order valence-electron chi connectivity index (χ0n) is 10.0. The average Bonchev–Trinajstić information content (AvgIpc) is 2.44. The van der Waals surface area contributed by atoms with Crippen molar-refractivity contribution in [3.8, 4) is 0 Å². The van der Waals surface area contributed by atoms with Crippen molar-refractivity contribution in [3.63, 3.8) is 0 Å². The molecule has 1 saturated carbocycles. The Morgan fingerprint density at radius 2 is 1.80 bits per heavy atom. The van der Waals surface area contributed by atoms with E-state index >= 15 is 0 Å². The van der Waals surface area contributed by atoms with Crippen molar-refractivity contribution in [2.75, 3.05) is 0 Å². The van der Waals surface area contributed by atoms with Gasteiger partial charge in [-0.25, -0.2) is 0 Å². The Bertz CT molecular complexity index is 223. The van der Waals surface area contributed by atoms with Crippen LogP contribution in [0.15, 0.2) is 11.6 Å². The smallest absolute Gasteiger partial charge is 0.0226 e. The van der Waals surface area contributed by atoms with Crippen molar-refractivity contribution in [3.05, 3.63) is 11.6 Å². The van der Waals surface area contributed by atoms with Gasteiger partial charge in [0.25, 0.3) is 0 Å². The maximum absolute atomic E-state index is 6.08. The summed E-state index contributed by atoms with van der Waals surface area (Å²) in [6.45, 7) is 2.39. The summed E-state index contributed by atoms with van der Waals surface area (Å²) in [5, 5.41) is 0. The molecule has 0 aromatic rings. The van der Waals surface area contributed by atoms with Gasteiger partial charge in [-0.1, -0.05) is 37.8 Å². The highest BCUT2D eigenvalue weighted by Gasteiger charge is 2.22. The molecule has 0 bridgehead atoms. The van der Waals surface area contributed by atoms with Gasteiger partial charge in [0.1, 0.15) is 0 Å². The van der Waals surface area contributed by atoms with Gasteiger partial charge < -0.3 is 5.73 Å². The van der Waals surface area contributed by atoms with E-state index in [0.717, 1.165) is 11.8 Å². The summed E-state index contributed by atoms with van der Waals surface area (Å²) in [5.74, 6) is 1.84. The summed E-state index contributed by atoms with van der Waals surface area (Å²) in [4.78, 5) is 0. The largest absolute Gasteiger partial charge is 0.324 e. The first-order valence-electron chi connectivity index (χ1n) is 6.72. The van der Waals surface area contributed by atoms with E-state index in [2.05, 4.69) is 13.0 Å². The van der Waals surface area contributed by atoms with Crippen LogP contribution in [0.25, 0.3) is 0 Å². The molecule has 2 aliphatic carbocycles. The summed E-state index contributed by atoms with van der Waals surface area (Å²) < 4.78 is 0. The number of rotatable bonds is 1. The molecule has 1 nitrogen and oxygen atoms in total. The van der Waals surface area contributed by atoms with Crippen LogP contribution >= 0.6 is 0 Å². The summed E-state index contributed by atoms with van der Waals surface area (Å²) in [5.41, 5.74) is 7.78. The number of nitrogens with two attached hydrogens (primary N) is 1. The Hall–Kier alpha value is -0.300. The van der Waals surface area contributed by atoms with Gasteiger partial charge in [-0.3, -0.25) is 0 Å². The lowest BCUT2D eigenvalue weighted by Crippen LogP contribution is -2.19. The van der Waals surface area contributed by atoms with Crippen molar-refractivity contribution in [1.29, 1.82) is 0 Å². The molecule has 1 unspecified atom stereocenters. The minimum atomic E-state index is 0.349. The average molecular weight is 207 g/mol. The number of hydrogen-bond donors (Lipinski definition) is 1. The second kappa shape index (κ2) is 5.16. The molecule has 15 heavy (non-hydrogen) atoms. The van der Waals surface area contributed by atoms with Crippen LogP contribution in [0.5, 0.6) is 0 Å². The predicted molar refractivity (Wildman–Crippen MR) is 65.6 cm³/mol. The summed E-state index contributed by atoms with van der Waals surface area (Å²) in [6, 6.07) is 0.349. The third-order valence-corrected chi connectivity index (χ3v) is 4.22. The SMILES string of the molecule is CC1CCC(C2=CC(N)CCCC2)CC1. The molecule has 1 heteroatoms. The lowest BCUT2D eigenvalue weighted by Gasteiger charge is -2.28. The van der Waals surface area contributed by atoms with Crippen molar-refractivity contribution in [1.82, 2.24) is 0 Å². The Labute approximate surface area is 94.1 Å². The Morgan fingerprint density at radius 3 is 2.53 bits per heavy atom. The molecule has 2 aliphatic rings. The highest BCUT2D eigenvalue weighted by molar-refractivity contribution is 5.12. The fraction of sp³-hybridized carbons (Fsp3) is 0.857. The Kier molecular flexibility index (Phi) is 3.85. The van der Waals surface area contributed by atoms with E-state index in [4.69, 9.17) is 5.73 Å². The highest BCUT2D eigenvalue weighted by Crippen LogP contribution is 2.36. The van der Waals surface area contributed by atoms with Crippen molar-refractivity contribution in [2.45, 2.75) is 64.3 Å². The zero-order valence-corrected chi connectivity index (χ0v) is 10.0. The van der Waals surface area contributed by atoms with Crippen LogP contribution in [0.1, 0.15) is 58.3 Å². The van der Waals surface area contributed by atoms with Gasteiger partial charge in [0.15, 0.2) is 0 Å². The van der Waals surface area contributed by atoms with Crippen LogP contribution in [0, 0.1) is 11.8 Å². The van der Waals surface area contributed by atoms with Crippen LogP contribution in [0.3, 0.4) is 0 Å². The molecule has 0 amide bonds. The van der Waals surface area contributed by atoms with Crippen LogP contribution in [0.4, 0.5) is 0 Å². The monoisotopic (exact) mass is 207 g/mol. The first kappa shape index (κ1) is 11.2. The molecule has 2 N–H and O–H groups in total. The first-order valence-corrected chi connectivity index (χ1v) is 6.72. The Morgan fingerprint density at radius 1 is 1.07 bits per heavy atom. The fourth-order valence-electron chi connectivity index (χ4n) is 3.12. The van der Waals surface area contributed by atoms with Gasteiger partial charge in [0.05, 0.1) is 0 Å². The molecule has 0 heterocycles. The maximum atomic E-state index is 6.08. The quantitative estimate of drug-likeness (QED) is 0.653. The predicted octanol–water partition coefficient (Wildman–Crippen LogP) is 3.64. The summed E-state index contributed by atoms with van der Waals surface area (Å²) in [7, 11) is 0. The summed E-state index contributed by atoms with van der Waals surface area (Å²) >= 11 is 0. The van der Waals surface area contributed by atoms with Gasteiger partial charge in [-0.05, 0) is 43.9 Å². The van der Waals surface area contributed by atoms with Gasteiger partial charge >= 0.3 is 0 Å². The molecular formula is C14H25N. The third-order valence-electron chi connectivity index (χ3n) is 4.22. The Balaban J connectivity index is 1.96. The van der Waals surface area contributed by atoms with Crippen molar-refractivity contribution < 1.29 is 0 Å². The number of allylic oxidation sites excluding steroid dienone is 1. The van der Waals surface area contributed by atoms with Gasteiger partial charge in [-0.2, -0.15) is 0 Å². The molecule has 86 valence electrons. The second-order valence-electron chi connectivity index (χ2n) is 5.61. The van der Waals surface area contributed by atoms with E-state index < -0.39 is 0 Å². The second-order valence-corrected chi connectivity index (χ2v) is 5.61. The minimum Gasteiger partial charge on any atom is -0.324 e. The molecule has 0 aromatic carbocycles. The van der Waals surface area contributed by atoms with E-state index in [1.165, 1.54) is 51.4 Å². The lowest BCUT2D eigenvalue weighted by molar-refractivity contribution is 0.315. The van der Waals surface area contributed by atoms with E-state index in [9.17, 15) is 0 Å². The third kappa shape index (κ3) is 3.07. The van der Waals surface area contributed by atoms with E-state index in [1.807, 2.05) is 0 Å². The molecule has 0 radical (unpaired) electrons. The van der Waals surface area contributed by atoms with Crippen LogP contribution in [-0.2, 0) is 0 Å². The normalized spacial score (nSPS) is 38.3. The van der Waals surface area contributed by atoms with Gasteiger partial charge in [0.2, 0.25) is 0 Å². The van der Waals surface area contributed by atoms with E-state index in [-0.39, 0.29) is 0 Å². The first-order chi connectivity index (χ1) is 7.25. The molecular weight excluding hydrogens is 182 g/mol. The molecule has 0 aromatic heterocycles. The molecule has 0 spiro atoms. The van der Waals surface area contributed by atoms with E-state index in [1.54, 1.807) is 5.57 Å². The van der Waals surface area contributed by atoms with Crippen molar-refractivity contribution in [2.24, 2.45) is 17.6 Å². The lowest BCUT2D eigenvalue weighted by atomic mass is 9.78. The standard InChI is InChI=1S/C14H25N/c1-11-6-8-12(9-7-11)13-4-2-3-5-14(15)10-13/h10-12,14H,2-9,15H2,1H3. The fourth-order valence-corrected chi connectivity index (χ4v) is 3.12. The maximum Gasteiger partial charge on any atom is 0.0226 e. The van der Waals surface area contributed by atoms with Gasteiger partial charge in [0, 0.05) is 6.04 Å². The molecule has 0 saturated heterocycles. The van der Waals surface area contributed by atoms with Crippen LogP contribution < -0.4 is 5.73 Å². The van der Waals surface area contributed by atoms with Crippen LogP contribution in [0.2, 0.25) is 0 Å². The molecule has 1 fully saturated rings. The highest BCUT2D eigenvalue weighted by atomic mass is 14.6. The summed E-state index contributed by atoms with van der Waals surface area (Å²) in [6.07, 6.45) is 13.3. The van der Waals surface area contributed by atoms with Crippen molar-refractivity contribution >= 4 is 0 Å². The number of hydrogen-bond acceptors (Lipinski definition) is 1. The topological polar surface area (TPSA) is 26.0 Å². The zero-order chi connectivity index (χ0) is 10.7. The van der Waals surface area contributed by atoms with E-state index in [0.29, 0.717) is 6.04 Å². The van der Waals surface area contributed by atoms with Gasteiger partial charge in [-0.15, -0.1) is 0 Å². The minimum absolute atomic E-state index is 0.349. The molecule has 0 aliphatic heterocycles.